The van der Waals surface area contributed by atoms with Crippen molar-refractivity contribution < 1.29 is 0 Å². The van der Waals surface area contributed by atoms with Gasteiger partial charge in [-0.3, -0.25) is 0 Å². The molecule has 0 radical (unpaired) electrons. The van der Waals surface area contributed by atoms with Crippen LogP contribution in [0.25, 0.3) is 43.8 Å². The molecule has 12 rings (SSSR count). The standard InChI is InChI=1S/C61H46N2/c1-39-28-32-57(42(4)33-39)63(46-19-9-6-10-20-46)59-38-56-60(51-24-12-11-23-50(51)59)52-36-43-30-31-47(62(45-17-7-5-8-18-45)58-34-40(2)27-29-41(58)3)35-44(43)37-55(52)61(56)53-25-15-13-21-48(53)49-22-14-16-26-54(49)61/h5-38H,1-4H3. The highest BCUT2D eigenvalue weighted by molar-refractivity contribution is 6.13. The van der Waals surface area contributed by atoms with Crippen LogP contribution in [0.15, 0.2) is 206 Å². The molecule has 2 heteroatoms. The van der Waals surface area contributed by atoms with E-state index >= 15 is 0 Å². The minimum absolute atomic E-state index is 0.558. The lowest BCUT2D eigenvalue weighted by Gasteiger charge is -2.33. The molecular formula is C61H46N2. The molecule has 0 aliphatic heterocycles. The van der Waals surface area contributed by atoms with Gasteiger partial charge in [0.05, 0.1) is 11.1 Å². The highest BCUT2D eigenvalue weighted by atomic mass is 15.2. The van der Waals surface area contributed by atoms with Crippen molar-refractivity contribution in [3.8, 4) is 22.3 Å². The summed E-state index contributed by atoms with van der Waals surface area (Å²) in [6.07, 6.45) is 0. The molecule has 10 aromatic rings. The minimum Gasteiger partial charge on any atom is -0.310 e. The van der Waals surface area contributed by atoms with E-state index in [1.807, 2.05) is 0 Å². The third-order valence-electron chi connectivity index (χ3n) is 13.7. The Balaban J connectivity index is 1.18. The van der Waals surface area contributed by atoms with E-state index in [0.29, 0.717) is 0 Å². The minimum atomic E-state index is -0.558. The van der Waals surface area contributed by atoms with Crippen LogP contribution in [-0.2, 0) is 5.41 Å². The van der Waals surface area contributed by atoms with Crippen molar-refractivity contribution in [3.63, 3.8) is 0 Å². The van der Waals surface area contributed by atoms with Crippen LogP contribution in [0, 0.1) is 27.7 Å². The van der Waals surface area contributed by atoms with Gasteiger partial charge in [0.25, 0.3) is 0 Å². The summed E-state index contributed by atoms with van der Waals surface area (Å²) >= 11 is 0. The molecular weight excluding hydrogens is 761 g/mol. The van der Waals surface area contributed by atoms with Gasteiger partial charge in [-0.25, -0.2) is 0 Å². The molecule has 63 heavy (non-hydrogen) atoms. The van der Waals surface area contributed by atoms with Crippen LogP contribution in [-0.4, -0.2) is 0 Å². The van der Waals surface area contributed by atoms with Crippen molar-refractivity contribution in [2.75, 3.05) is 9.80 Å². The van der Waals surface area contributed by atoms with Crippen molar-refractivity contribution in [1.29, 1.82) is 0 Å². The molecule has 300 valence electrons. The molecule has 1 spiro atoms. The molecule has 0 heterocycles. The third kappa shape index (κ3) is 5.51. The first-order chi connectivity index (χ1) is 30.9. The first-order valence-electron chi connectivity index (χ1n) is 22.1. The normalized spacial score (nSPS) is 12.9. The molecule has 0 fully saturated rings. The predicted molar refractivity (Wildman–Crippen MR) is 266 cm³/mol. The summed E-state index contributed by atoms with van der Waals surface area (Å²) < 4.78 is 0. The Morgan fingerprint density at radius 3 is 1.62 bits per heavy atom. The summed E-state index contributed by atoms with van der Waals surface area (Å²) in [5.74, 6) is 0. The Hall–Kier alpha value is -7.68. The van der Waals surface area contributed by atoms with Gasteiger partial charge in [-0.1, -0.05) is 145 Å². The van der Waals surface area contributed by atoms with E-state index in [0.717, 1.165) is 17.1 Å². The van der Waals surface area contributed by atoms with E-state index in [1.165, 1.54) is 105 Å². The zero-order chi connectivity index (χ0) is 42.4. The van der Waals surface area contributed by atoms with Crippen molar-refractivity contribution >= 4 is 55.7 Å². The number of para-hydroxylation sites is 2. The molecule has 2 aliphatic carbocycles. The summed E-state index contributed by atoms with van der Waals surface area (Å²) in [5.41, 5.74) is 21.9. The van der Waals surface area contributed by atoms with Gasteiger partial charge in [0.15, 0.2) is 0 Å². The Labute approximate surface area is 370 Å². The Kier molecular flexibility index (Phi) is 8.36. The van der Waals surface area contributed by atoms with Gasteiger partial charge in [-0.05, 0) is 172 Å². The average Bonchev–Trinajstić information content (AvgIpc) is 3.77. The summed E-state index contributed by atoms with van der Waals surface area (Å²) in [4.78, 5) is 4.92. The number of hydrogen-bond donors (Lipinski definition) is 0. The fourth-order valence-corrected chi connectivity index (χ4v) is 11.0. The molecule has 0 saturated heterocycles. The zero-order valence-electron chi connectivity index (χ0n) is 36.0. The van der Waals surface area contributed by atoms with Crippen LogP contribution < -0.4 is 9.80 Å². The number of aryl methyl sites for hydroxylation is 4. The Morgan fingerprint density at radius 2 is 0.921 bits per heavy atom. The van der Waals surface area contributed by atoms with Gasteiger partial charge in [0.1, 0.15) is 0 Å². The topological polar surface area (TPSA) is 6.48 Å². The van der Waals surface area contributed by atoms with E-state index < -0.39 is 5.41 Å². The van der Waals surface area contributed by atoms with E-state index in [1.54, 1.807) is 0 Å². The Morgan fingerprint density at radius 1 is 0.317 bits per heavy atom. The maximum absolute atomic E-state index is 2.55. The molecule has 0 saturated carbocycles. The number of hydrogen-bond acceptors (Lipinski definition) is 2. The van der Waals surface area contributed by atoms with Gasteiger partial charge in [0.2, 0.25) is 0 Å². The molecule has 0 amide bonds. The van der Waals surface area contributed by atoms with Crippen LogP contribution in [0.4, 0.5) is 34.1 Å². The third-order valence-corrected chi connectivity index (χ3v) is 13.7. The predicted octanol–water partition coefficient (Wildman–Crippen LogP) is 16.5. The highest BCUT2D eigenvalue weighted by Crippen LogP contribution is 2.65. The summed E-state index contributed by atoms with van der Waals surface area (Å²) in [6, 6.07) is 77.3. The number of rotatable bonds is 6. The Bertz CT molecular complexity index is 3410. The SMILES string of the molecule is Cc1ccc(N(c2ccccc2)c2cc3c(c4ccccc24)-c2cc4ccc(N(c5ccccc5)c5cc(C)ccc5C)cc4cc2C32c3ccccc3-c3ccccc32)c(C)c1. The largest absolute Gasteiger partial charge is 0.310 e. The fourth-order valence-electron chi connectivity index (χ4n) is 11.0. The second-order valence-electron chi connectivity index (χ2n) is 17.6. The molecule has 2 nitrogen and oxygen atoms in total. The van der Waals surface area contributed by atoms with Gasteiger partial charge in [-0.2, -0.15) is 0 Å². The van der Waals surface area contributed by atoms with E-state index in [4.69, 9.17) is 0 Å². The number of anilines is 6. The van der Waals surface area contributed by atoms with Crippen LogP contribution in [0.5, 0.6) is 0 Å². The first kappa shape index (κ1) is 37.1. The lowest BCUT2D eigenvalue weighted by molar-refractivity contribution is 0.795. The van der Waals surface area contributed by atoms with Crippen molar-refractivity contribution in [3.05, 3.63) is 251 Å². The van der Waals surface area contributed by atoms with Crippen molar-refractivity contribution in [1.82, 2.24) is 0 Å². The zero-order valence-corrected chi connectivity index (χ0v) is 36.0. The average molecular weight is 807 g/mol. The number of nitrogens with zero attached hydrogens (tertiary/aromatic N) is 2. The fraction of sp³-hybridized carbons (Fsp3) is 0.0820. The second-order valence-corrected chi connectivity index (χ2v) is 17.6. The van der Waals surface area contributed by atoms with Crippen LogP contribution >= 0.6 is 0 Å². The summed E-state index contributed by atoms with van der Waals surface area (Å²) in [7, 11) is 0. The van der Waals surface area contributed by atoms with Crippen molar-refractivity contribution in [2.45, 2.75) is 33.1 Å². The molecule has 0 bridgehead atoms. The highest BCUT2D eigenvalue weighted by Gasteiger charge is 2.52. The second kappa shape index (κ2) is 14.2. The van der Waals surface area contributed by atoms with Gasteiger partial charge >= 0.3 is 0 Å². The molecule has 10 aromatic carbocycles. The number of fused-ring (bicyclic) bond motifs is 13. The maximum Gasteiger partial charge on any atom is 0.0726 e. The molecule has 0 N–H and O–H groups in total. The van der Waals surface area contributed by atoms with Crippen LogP contribution in [0.1, 0.15) is 44.5 Å². The van der Waals surface area contributed by atoms with Crippen LogP contribution in [0.3, 0.4) is 0 Å². The summed E-state index contributed by atoms with van der Waals surface area (Å²) in [6.45, 7) is 8.82. The van der Waals surface area contributed by atoms with Gasteiger partial charge in [-0.15, -0.1) is 0 Å². The van der Waals surface area contributed by atoms with Crippen LogP contribution in [0.2, 0.25) is 0 Å². The monoisotopic (exact) mass is 806 g/mol. The van der Waals surface area contributed by atoms with E-state index in [2.05, 4.69) is 244 Å². The van der Waals surface area contributed by atoms with E-state index in [9.17, 15) is 0 Å². The maximum atomic E-state index is 2.55. The van der Waals surface area contributed by atoms with Crippen molar-refractivity contribution in [2.24, 2.45) is 0 Å². The molecule has 0 unspecified atom stereocenters. The molecule has 0 aromatic heterocycles. The molecule has 2 aliphatic rings. The summed E-state index contributed by atoms with van der Waals surface area (Å²) in [5, 5.41) is 4.93. The van der Waals surface area contributed by atoms with Gasteiger partial charge < -0.3 is 9.80 Å². The lowest BCUT2D eigenvalue weighted by Crippen LogP contribution is -2.26. The smallest absolute Gasteiger partial charge is 0.0726 e. The first-order valence-corrected chi connectivity index (χ1v) is 22.1. The number of benzene rings is 10. The lowest BCUT2D eigenvalue weighted by atomic mass is 9.70. The molecule has 0 atom stereocenters. The quantitative estimate of drug-likeness (QED) is 0.165. The van der Waals surface area contributed by atoms with E-state index in [-0.39, 0.29) is 0 Å². The van der Waals surface area contributed by atoms with Gasteiger partial charge in [0, 0.05) is 33.8 Å².